The van der Waals surface area contributed by atoms with Crippen LogP contribution in [0.2, 0.25) is 0 Å². The van der Waals surface area contributed by atoms with E-state index in [0.717, 1.165) is 36.8 Å². The average Bonchev–Trinajstić information content (AvgIpc) is 2.52. The summed E-state index contributed by atoms with van der Waals surface area (Å²) in [6.07, 6.45) is 4.16. The first-order valence-corrected chi connectivity index (χ1v) is 6.80. The minimum absolute atomic E-state index is 0.726. The van der Waals surface area contributed by atoms with Gasteiger partial charge in [0.2, 0.25) is 0 Å². The second-order valence-electron chi connectivity index (χ2n) is 4.83. The number of nitrogens with zero attached hydrogens (tertiary/aromatic N) is 2. The highest BCUT2D eigenvalue weighted by molar-refractivity contribution is 5.33. The van der Waals surface area contributed by atoms with Crippen LogP contribution in [0.5, 0.6) is 0 Å². The van der Waals surface area contributed by atoms with Crippen LogP contribution in [0.15, 0.2) is 48.5 Å². The van der Waals surface area contributed by atoms with Crippen LogP contribution in [0.1, 0.15) is 35.1 Å². The van der Waals surface area contributed by atoms with Gasteiger partial charge in [-0.3, -0.25) is 0 Å². The second kappa shape index (κ2) is 7.12. The maximum Gasteiger partial charge on any atom is 0.0991 e. The summed E-state index contributed by atoms with van der Waals surface area (Å²) < 4.78 is 0. The molecular formula is C18H16N2. The Morgan fingerprint density at radius 1 is 0.700 bits per heavy atom. The topological polar surface area (TPSA) is 47.6 Å². The van der Waals surface area contributed by atoms with Crippen LogP contribution in [0.25, 0.3) is 0 Å². The van der Waals surface area contributed by atoms with E-state index in [1.165, 1.54) is 11.1 Å². The minimum Gasteiger partial charge on any atom is -0.192 e. The van der Waals surface area contributed by atoms with E-state index in [-0.39, 0.29) is 0 Å². The van der Waals surface area contributed by atoms with E-state index in [1.54, 1.807) is 0 Å². The van der Waals surface area contributed by atoms with Gasteiger partial charge in [-0.2, -0.15) is 10.5 Å². The standard InChI is InChI=1S/C18H16N2/c19-13-17-9-3-7-15(11-17)5-1-2-6-16-8-4-10-18(12-16)14-20/h3-4,7-12H,1-2,5-6H2. The molecular weight excluding hydrogens is 244 g/mol. The summed E-state index contributed by atoms with van der Waals surface area (Å²) in [4.78, 5) is 0. The Labute approximate surface area is 119 Å². The SMILES string of the molecule is N#Cc1cccc(CCCCc2cccc(C#N)c2)c1. The van der Waals surface area contributed by atoms with Crippen molar-refractivity contribution in [2.75, 3.05) is 0 Å². The van der Waals surface area contributed by atoms with Crippen molar-refractivity contribution in [2.24, 2.45) is 0 Å². The molecule has 98 valence electrons. The first-order valence-electron chi connectivity index (χ1n) is 6.80. The smallest absolute Gasteiger partial charge is 0.0991 e. The zero-order chi connectivity index (χ0) is 14.2. The van der Waals surface area contributed by atoms with Crippen molar-refractivity contribution >= 4 is 0 Å². The van der Waals surface area contributed by atoms with Gasteiger partial charge in [-0.25, -0.2) is 0 Å². The molecule has 0 aliphatic rings. The van der Waals surface area contributed by atoms with Gasteiger partial charge in [-0.05, 0) is 61.1 Å². The lowest BCUT2D eigenvalue weighted by atomic mass is 10.0. The third-order valence-corrected chi connectivity index (χ3v) is 3.29. The minimum atomic E-state index is 0.726. The Balaban J connectivity index is 1.81. The molecule has 0 saturated carbocycles. The van der Waals surface area contributed by atoms with Gasteiger partial charge in [0.05, 0.1) is 23.3 Å². The van der Waals surface area contributed by atoms with E-state index in [0.29, 0.717) is 0 Å². The number of aryl methyl sites for hydroxylation is 2. The maximum atomic E-state index is 8.86. The Hall–Kier alpha value is -2.58. The number of rotatable bonds is 5. The Morgan fingerprint density at radius 2 is 1.15 bits per heavy atom. The van der Waals surface area contributed by atoms with Crippen LogP contribution in [-0.2, 0) is 12.8 Å². The highest BCUT2D eigenvalue weighted by atomic mass is 14.2. The lowest BCUT2D eigenvalue weighted by Crippen LogP contribution is -1.90. The van der Waals surface area contributed by atoms with Crippen LogP contribution in [0, 0.1) is 22.7 Å². The van der Waals surface area contributed by atoms with Crippen LogP contribution < -0.4 is 0 Å². The van der Waals surface area contributed by atoms with E-state index in [1.807, 2.05) is 36.4 Å². The molecule has 0 spiro atoms. The average molecular weight is 260 g/mol. The number of hydrogen-bond donors (Lipinski definition) is 0. The molecule has 0 aliphatic carbocycles. The highest BCUT2D eigenvalue weighted by Gasteiger charge is 1.98. The quantitative estimate of drug-likeness (QED) is 0.763. The number of benzene rings is 2. The second-order valence-corrected chi connectivity index (χ2v) is 4.83. The molecule has 0 aliphatic heterocycles. The first kappa shape index (κ1) is 13.8. The molecule has 0 aromatic heterocycles. The zero-order valence-corrected chi connectivity index (χ0v) is 11.3. The monoisotopic (exact) mass is 260 g/mol. The Kier molecular flexibility index (Phi) is 4.93. The predicted octanol–water partition coefficient (Wildman–Crippen LogP) is 4.00. The van der Waals surface area contributed by atoms with Crippen molar-refractivity contribution in [1.82, 2.24) is 0 Å². The van der Waals surface area contributed by atoms with Crippen LogP contribution in [0.4, 0.5) is 0 Å². The summed E-state index contributed by atoms with van der Waals surface area (Å²) in [5, 5.41) is 17.7. The molecule has 0 amide bonds. The van der Waals surface area contributed by atoms with Crippen molar-refractivity contribution < 1.29 is 0 Å². The van der Waals surface area contributed by atoms with Gasteiger partial charge < -0.3 is 0 Å². The van der Waals surface area contributed by atoms with Crippen LogP contribution in [0.3, 0.4) is 0 Å². The summed E-state index contributed by atoms with van der Waals surface area (Å²) in [5.41, 5.74) is 3.89. The lowest BCUT2D eigenvalue weighted by molar-refractivity contribution is 0.734. The normalized spacial score (nSPS) is 9.70. The van der Waals surface area contributed by atoms with Crippen LogP contribution >= 0.6 is 0 Å². The van der Waals surface area contributed by atoms with Gasteiger partial charge in [0.25, 0.3) is 0 Å². The first-order chi connectivity index (χ1) is 9.81. The van der Waals surface area contributed by atoms with Gasteiger partial charge in [0.15, 0.2) is 0 Å². The molecule has 2 heteroatoms. The fraction of sp³-hybridized carbons (Fsp3) is 0.222. The summed E-state index contributed by atoms with van der Waals surface area (Å²) >= 11 is 0. The highest BCUT2D eigenvalue weighted by Crippen LogP contribution is 2.12. The van der Waals surface area contributed by atoms with Crippen molar-refractivity contribution in [3.05, 3.63) is 70.8 Å². The van der Waals surface area contributed by atoms with Gasteiger partial charge in [0, 0.05) is 0 Å². The Bertz CT molecular complexity index is 600. The molecule has 2 nitrogen and oxygen atoms in total. The van der Waals surface area contributed by atoms with Gasteiger partial charge >= 0.3 is 0 Å². The molecule has 0 radical (unpaired) electrons. The van der Waals surface area contributed by atoms with Crippen molar-refractivity contribution in [1.29, 1.82) is 10.5 Å². The van der Waals surface area contributed by atoms with E-state index in [9.17, 15) is 0 Å². The molecule has 2 aromatic rings. The van der Waals surface area contributed by atoms with E-state index in [2.05, 4.69) is 24.3 Å². The fourth-order valence-corrected chi connectivity index (χ4v) is 2.25. The molecule has 0 N–H and O–H groups in total. The maximum absolute atomic E-state index is 8.86. The molecule has 0 bridgehead atoms. The van der Waals surface area contributed by atoms with Gasteiger partial charge in [-0.15, -0.1) is 0 Å². The molecule has 0 fully saturated rings. The fourth-order valence-electron chi connectivity index (χ4n) is 2.25. The molecule has 2 rings (SSSR count). The summed E-state index contributed by atoms with van der Waals surface area (Å²) in [6, 6.07) is 19.9. The number of unbranched alkanes of at least 4 members (excludes halogenated alkanes) is 1. The van der Waals surface area contributed by atoms with Crippen molar-refractivity contribution in [3.63, 3.8) is 0 Å². The summed E-state index contributed by atoms with van der Waals surface area (Å²) in [7, 11) is 0. The van der Waals surface area contributed by atoms with Crippen molar-refractivity contribution in [3.8, 4) is 12.1 Å². The molecule has 0 heterocycles. The molecule has 0 unspecified atom stereocenters. The largest absolute Gasteiger partial charge is 0.192 e. The molecule has 20 heavy (non-hydrogen) atoms. The third kappa shape index (κ3) is 3.97. The zero-order valence-electron chi connectivity index (χ0n) is 11.3. The van der Waals surface area contributed by atoms with Gasteiger partial charge in [-0.1, -0.05) is 24.3 Å². The summed E-state index contributed by atoms with van der Waals surface area (Å²) in [5.74, 6) is 0. The molecule has 2 aromatic carbocycles. The Morgan fingerprint density at radius 3 is 1.55 bits per heavy atom. The van der Waals surface area contributed by atoms with E-state index < -0.39 is 0 Å². The summed E-state index contributed by atoms with van der Waals surface area (Å²) in [6.45, 7) is 0. The van der Waals surface area contributed by atoms with Crippen molar-refractivity contribution in [2.45, 2.75) is 25.7 Å². The molecule has 0 atom stereocenters. The van der Waals surface area contributed by atoms with E-state index >= 15 is 0 Å². The van der Waals surface area contributed by atoms with Crippen LogP contribution in [-0.4, -0.2) is 0 Å². The third-order valence-electron chi connectivity index (χ3n) is 3.29. The lowest BCUT2D eigenvalue weighted by Gasteiger charge is -2.03. The predicted molar refractivity (Wildman–Crippen MR) is 79.0 cm³/mol. The van der Waals surface area contributed by atoms with E-state index in [4.69, 9.17) is 10.5 Å². The van der Waals surface area contributed by atoms with Gasteiger partial charge in [0.1, 0.15) is 0 Å². The number of hydrogen-bond acceptors (Lipinski definition) is 2. The molecule has 0 saturated heterocycles. The number of nitriles is 2.